The summed E-state index contributed by atoms with van der Waals surface area (Å²) in [6.07, 6.45) is 4.06. The predicted octanol–water partition coefficient (Wildman–Crippen LogP) is 6.01. The second kappa shape index (κ2) is 8.76. The van der Waals surface area contributed by atoms with Gasteiger partial charge in [0.2, 0.25) is 0 Å². The minimum atomic E-state index is 0. The number of fused-ring (bicyclic) bond motifs is 1. The summed E-state index contributed by atoms with van der Waals surface area (Å²) < 4.78 is 2.14. The van der Waals surface area contributed by atoms with Crippen LogP contribution in [0.1, 0.15) is 26.3 Å². The highest BCUT2D eigenvalue weighted by molar-refractivity contribution is 7.22. The Bertz CT molecular complexity index is 729. The van der Waals surface area contributed by atoms with Crippen molar-refractivity contribution in [2.45, 2.75) is 27.3 Å². The molecule has 0 atom stereocenters. The lowest BCUT2D eigenvalue weighted by molar-refractivity contribution is 0.365. The molecule has 0 amide bonds. The van der Waals surface area contributed by atoms with Crippen molar-refractivity contribution in [3.8, 4) is 11.8 Å². The van der Waals surface area contributed by atoms with Crippen molar-refractivity contribution >= 4 is 45.4 Å². The van der Waals surface area contributed by atoms with E-state index in [-0.39, 0.29) is 17.8 Å². The molecule has 0 aliphatic carbocycles. The average molecular weight is 368 g/mol. The van der Waals surface area contributed by atoms with Crippen LogP contribution in [-0.4, -0.2) is 18.5 Å². The van der Waals surface area contributed by atoms with Crippen LogP contribution in [0.3, 0.4) is 0 Å². The van der Waals surface area contributed by atoms with Crippen molar-refractivity contribution in [3.63, 3.8) is 0 Å². The van der Waals surface area contributed by atoms with Crippen LogP contribution in [0.5, 0.6) is 0 Å². The van der Waals surface area contributed by atoms with Crippen LogP contribution in [0.2, 0.25) is 4.34 Å². The lowest BCUT2D eigenvalue weighted by atomic mass is 9.98. The molecule has 0 saturated carbocycles. The zero-order chi connectivity index (χ0) is 16.2. The molecule has 0 bridgehead atoms. The van der Waals surface area contributed by atoms with E-state index >= 15 is 0 Å². The van der Waals surface area contributed by atoms with Gasteiger partial charge in [-0.25, -0.2) is 0 Å². The number of rotatable bonds is 4. The van der Waals surface area contributed by atoms with Crippen molar-refractivity contribution in [2.75, 3.05) is 13.6 Å². The molecular formula is C19H23Cl2NS. The first-order valence-electron chi connectivity index (χ1n) is 7.38. The van der Waals surface area contributed by atoms with E-state index in [0.717, 1.165) is 17.4 Å². The quantitative estimate of drug-likeness (QED) is 0.597. The fraction of sp³-hybridized carbons (Fsp3) is 0.368. The number of likely N-dealkylation sites (N-methyl/N-ethyl adjacent to an activating group) is 1. The molecule has 23 heavy (non-hydrogen) atoms. The largest absolute Gasteiger partial charge is 0.298 e. The Morgan fingerprint density at radius 2 is 2.04 bits per heavy atom. The predicted molar refractivity (Wildman–Crippen MR) is 107 cm³/mol. The standard InChI is InChI=1S/C19H22ClNS.ClH/c1-19(2,3)11-6-5-7-12-21(4)14-16-10-8-9-15-13-17(20)22-18(15)16;/h5,7-10,13H,12,14H2,1-4H3;1H/b7-5+;. The van der Waals surface area contributed by atoms with Gasteiger partial charge in [0.1, 0.15) is 0 Å². The van der Waals surface area contributed by atoms with E-state index in [0.29, 0.717) is 0 Å². The van der Waals surface area contributed by atoms with Crippen LogP contribution in [0.4, 0.5) is 0 Å². The SMILES string of the molecule is CN(C/C=C/C#CC(C)(C)C)Cc1cccc2cc(Cl)sc12.Cl. The van der Waals surface area contributed by atoms with E-state index in [9.17, 15) is 0 Å². The Kier molecular flexibility index (Phi) is 7.64. The molecule has 2 aromatic rings. The molecule has 0 unspecified atom stereocenters. The summed E-state index contributed by atoms with van der Waals surface area (Å²) in [5, 5.41) is 1.23. The van der Waals surface area contributed by atoms with Crippen molar-refractivity contribution in [2.24, 2.45) is 5.41 Å². The zero-order valence-corrected chi connectivity index (χ0v) is 16.4. The minimum absolute atomic E-state index is 0. The molecule has 1 aromatic heterocycles. The first-order valence-corrected chi connectivity index (χ1v) is 8.58. The highest BCUT2D eigenvalue weighted by atomic mass is 35.5. The summed E-state index contributed by atoms with van der Waals surface area (Å²) in [6.45, 7) is 8.14. The smallest absolute Gasteiger partial charge is 0.0940 e. The molecule has 124 valence electrons. The van der Waals surface area contributed by atoms with Gasteiger partial charge in [-0.15, -0.1) is 23.7 Å². The molecule has 1 heterocycles. The second-order valence-corrected chi connectivity index (χ2v) is 8.19. The molecular weight excluding hydrogens is 345 g/mol. The zero-order valence-electron chi connectivity index (χ0n) is 14.0. The van der Waals surface area contributed by atoms with Crippen LogP contribution in [0, 0.1) is 17.3 Å². The fourth-order valence-corrected chi connectivity index (χ4v) is 3.36. The Labute approximate surface area is 154 Å². The summed E-state index contributed by atoms with van der Waals surface area (Å²) in [5.41, 5.74) is 1.38. The Balaban J connectivity index is 0.00000264. The first kappa shape index (κ1) is 20.1. The van der Waals surface area contributed by atoms with Crippen molar-refractivity contribution in [1.82, 2.24) is 4.90 Å². The van der Waals surface area contributed by atoms with E-state index in [4.69, 9.17) is 11.6 Å². The number of thiophene rings is 1. The normalized spacial score (nSPS) is 11.6. The molecule has 2 rings (SSSR count). The molecule has 1 nitrogen and oxygen atoms in total. The van der Waals surface area contributed by atoms with Gasteiger partial charge in [-0.2, -0.15) is 0 Å². The molecule has 0 saturated heterocycles. The Hall–Kier alpha value is -0.980. The Morgan fingerprint density at radius 3 is 2.74 bits per heavy atom. The highest BCUT2D eigenvalue weighted by Gasteiger charge is 2.07. The number of allylic oxidation sites excluding steroid dienone is 1. The van der Waals surface area contributed by atoms with Gasteiger partial charge in [0.05, 0.1) is 4.34 Å². The number of hydrogen-bond acceptors (Lipinski definition) is 2. The van der Waals surface area contributed by atoms with Crippen molar-refractivity contribution in [3.05, 3.63) is 46.3 Å². The molecule has 0 radical (unpaired) electrons. The molecule has 0 aliphatic heterocycles. The lowest BCUT2D eigenvalue weighted by Crippen LogP contribution is -2.17. The number of hydrogen-bond donors (Lipinski definition) is 0. The van der Waals surface area contributed by atoms with Crippen molar-refractivity contribution < 1.29 is 0 Å². The number of nitrogens with zero attached hydrogens (tertiary/aromatic N) is 1. The van der Waals surface area contributed by atoms with Gasteiger partial charge in [-0.3, -0.25) is 4.90 Å². The second-order valence-electron chi connectivity index (χ2n) is 6.50. The van der Waals surface area contributed by atoms with Gasteiger partial charge in [-0.1, -0.05) is 47.7 Å². The van der Waals surface area contributed by atoms with Crippen LogP contribution >= 0.6 is 35.3 Å². The fourth-order valence-electron chi connectivity index (χ4n) is 2.12. The molecule has 0 fully saturated rings. The molecule has 4 heteroatoms. The Morgan fingerprint density at radius 1 is 1.30 bits per heavy atom. The average Bonchev–Trinajstić information content (AvgIpc) is 2.78. The van der Waals surface area contributed by atoms with E-state index < -0.39 is 0 Å². The van der Waals surface area contributed by atoms with Crippen LogP contribution in [0.25, 0.3) is 10.1 Å². The topological polar surface area (TPSA) is 3.24 Å². The van der Waals surface area contributed by atoms with Gasteiger partial charge in [0.15, 0.2) is 0 Å². The minimum Gasteiger partial charge on any atom is -0.298 e. The molecule has 0 spiro atoms. The van der Waals surface area contributed by atoms with E-state index in [1.165, 1.54) is 15.6 Å². The van der Waals surface area contributed by atoms with Gasteiger partial charge >= 0.3 is 0 Å². The van der Waals surface area contributed by atoms with Gasteiger partial charge in [0.25, 0.3) is 0 Å². The van der Waals surface area contributed by atoms with E-state index in [2.05, 4.69) is 68.8 Å². The van der Waals surface area contributed by atoms with Crippen molar-refractivity contribution in [1.29, 1.82) is 0 Å². The highest BCUT2D eigenvalue weighted by Crippen LogP contribution is 2.32. The summed E-state index contributed by atoms with van der Waals surface area (Å²) in [6, 6.07) is 8.42. The third kappa shape index (κ3) is 6.57. The number of benzene rings is 1. The maximum absolute atomic E-state index is 6.13. The summed E-state index contributed by atoms with van der Waals surface area (Å²) in [7, 11) is 2.12. The maximum Gasteiger partial charge on any atom is 0.0940 e. The van der Waals surface area contributed by atoms with Gasteiger partial charge in [0, 0.05) is 23.2 Å². The van der Waals surface area contributed by atoms with Gasteiger partial charge in [-0.05, 0) is 50.9 Å². The van der Waals surface area contributed by atoms with Crippen LogP contribution < -0.4 is 0 Å². The molecule has 0 aliphatic rings. The third-order valence-electron chi connectivity index (χ3n) is 3.10. The summed E-state index contributed by atoms with van der Waals surface area (Å²) in [5.74, 6) is 6.31. The number of halogens is 2. The third-order valence-corrected chi connectivity index (χ3v) is 4.46. The maximum atomic E-state index is 6.13. The summed E-state index contributed by atoms with van der Waals surface area (Å²) in [4.78, 5) is 2.28. The van der Waals surface area contributed by atoms with Gasteiger partial charge < -0.3 is 0 Å². The monoisotopic (exact) mass is 367 g/mol. The van der Waals surface area contributed by atoms with E-state index in [1.807, 2.05) is 12.1 Å². The molecule has 1 aromatic carbocycles. The van der Waals surface area contributed by atoms with E-state index in [1.54, 1.807) is 11.3 Å². The van der Waals surface area contributed by atoms with Crippen LogP contribution in [-0.2, 0) is 6.54 Å². The summed E-state index contributed by atoms with van der Waals surface area (Å²) >= 11 is 7.78. The van der Waals surface area contributed by atoms with Crippen LogP contribution in [0.15, 0.2) is 36.4 Å². The first-order chi connectivity index (χ1) is 10.3. The lowest BCUT2D eigenvalue weighted by Gasteiger charge is -2.14. The molecule has 0 N–H and O–H groups in total.